The highest BCUT2D eigenvalue weighted by Crippen LogP contribution is 2.11. The minimum Gasteiger partial charge on any atom is -0.302 e. The van der Waals surface area contributed by atoms with Gasteiger partial charge >= 0.3 is 0 Å². The quantitative estimate of drug-likeness (QED) is 0.560. The van der Waals surface area contributed by atoms with E-state index in [0.29, 0.717) is 0 Å². The van der Waals surface area contributed by atoms with Crippen LogP contribution in [-0.2, 0) is 0 Å². The number of likely N-dealkylation sites (N-methyl/N-ethyl adjacent to an activating group) is 1. The Morgan fingerprint density at radius 1 is 1.70 bits per heavy atom. The number of thioether (sulfide) groups is 1. The van der Waals surface area contributed by atoms with E-state index in [0.717, 1.165) is 0 Å². The summed E-state index contributed by atoms with van der Waals surface area (Å²) < 4.78 is 0. The van der Waals surface area contributed by atoms with E-state index in [-0.39, 0.29) is 0 Å². The zero-order valence-electron chi connectivity index (χ0n) is 6.76. The second-order valence-electron chi connectivity index (χ2n) is 2.82. The third-order valence-electron chi connectivity index (χ3n) is 1.75. The first-order chi connectivity index (χ1) is 4.83. The van der Waals surface area contributed by atoms with E-state index in [1.54, 1.807) is 5.57 Å². The highest BCUT2D eigenvalue weighted by atomic mass is 32.2. The summed E-state index contributed by atoms with van der Waals surface area (Å²) in [5.74, 6) is 1.21. The molecule has 0 amide bonds. The first-order valence-electron chi connectivity index (χ1n) is 3.68. The van der Waals surface area contributed by atoms with Gasteiger partial charge in [0.2, 0.25) is 0 Å². The molecule has 0 aromatic carbocycles. The summed E-state index contributed by atoms with van der Waals surface area (Å²) in [7, 11) is 2.19. The fourth-order valence-corrected chi connectivity index (χ4v) is 1.85. The predicted molar refractivity (Wildman–Crippen MR) is 48.6 cm³/mol. The molecule has 0 fully saturated rings. The first-order valence-corrected chi connectivity index (χ1v) is 5.07. The van der Waals surface area contributed by atoms with E-state index in [1.807, 2.05) is 11.8 Å². The van der Waals surface area contributed by atoms with E-state index < -0.39 is 0 Å². The zero-order chi connectivity index (χ0) is 7.40. The molecule has 0 N–H and O–H groups in total. The van der Waals surface area contributed by atoms with Gasteiger partial charge in [0.05, 0.1) is 0 Å². The molecule has 1 rings (SSSR count). The molecule has 10 heavy (non-hydrogen) atoms. The van der Waals surface area contributed by atoms with Crippen molar-refractivity contribution in [2.45, 2.75) is 6.42 Å². The van der Waals surface area contributed by atoms with Gasteiger partial charge in [0, 0.05) is 18.8 Å². The maximum atomic E-state index is 2.39. The van der Waals surface area contributed by atoms with Gasteiger partial charge < -0.3 is 4.90 Å². The standard InChI is InChI=1S/C8H15NS/c1-9-5-3-4-8(6-9)7-10-2/h4H,3,5-7H2,1-2H3. The molecule has 58 valence electrons. The summed E-state index contributed by atoms with van der Waals surface area (Å²) in [6, 6.07) is 0. The lowest BCUT2D eigenvalue weighted by molar-refractivity contribution is 0.355. The van der Waals surface area contributed by atoms with Crippen LogP contribution in [0.2, 0.25) is 0 Å². The highest BCUT2D eigenvalue weighted by molar-refractivity contribution is 7.98. The van der Waals surface area contributed by atoms with Crippen molar-refractivity contribution >= 4 is 11.8 Å². The molecule has 0 saturated heterocycles. The molecule has 0 unspecified atom stereocenters. The molecule has 2 heteroatoms. The molecule has 0 aromatic heterocycles. The summed E-state index contributed by atoms with van der Waals surface area (Å²) in [4.78, 5) is 2.38. The monoisotopic (exact) mass is 157 g/mol. The van der Waals surface area contributed by atoms with Crippen molar-refractivity contribution in [3.8, 4) is 0 Å². The topological polar surface area (TPSA) is 3.24 Å². The second kappa shape index (κ2) is 4.04. The number of hydrogen-bond acceptors (Lipinski definition) is 2. The number of rotatable bonds is 2. The summed E-state index contributed by atoms with van der Waals surface area (Å²) in [6.07, 6.45) is 5.79. The van der Waals surface area contributed by atoms with Crippen molar-refractivity contribution in [2.75, 3.05) is 32.1 Å². The van der Waals surface area contributed by atoms with E-state index >= 15 is 0 Å². The molecule has 1 heterocycles. The largest absolute Gasteiger partial charge is 0.302 e. The molecule has 0 spiro atoms. The fraction of sp³-hybridized carbons (Fsp3) is 0.750. The van der Waals surface area contributed by atoms with Gasteiger partial charge in [-0.2, -0.15) is 11.8 Å². The summed E-state index contributed by atoms with van der Waals surface area (Å²) in [5.41, 5.74) is 1.60. The van der Waals surface area contributed by atoms with Crippen molar-refractivity contribution in [1.29, 1.82) is 0 Å². The van der Waals surface area contributed by atoms with Gasteiger partial charge in [-0.25, -0.2) is 0 Å². The molecule has 0 saturated carbocycles. The molecule has 0 atom stereocenters. The van der Waals surface area contributed by atoms with Crippen LogP contribution in [0, 0.1) is 0 Å². The van der Waals surface area contributed by atoms with Crippen LogP contribution >= 0.6 is 11.8 Å². The Hall–Kier alpha value is 0.0500. The van der Waals surface area contributed by atoms with Gasteiger partial charge in [-0.1, -0.05) is 11.6 Å². The Balaban J connectivity index is 2.36. The van der Waals surface area contributed by atoms with Gasteiger partial charge in [-0.05, 0) is 19.7 Å². The Morgan fingerprint density at radius 2 is 2.50 bits per heavy atom. The smallest absolute Gasteiger partial charge is 0.0198 e. The zero-order valence-corrected chi connectivity index (χ0v) is 7.58. The molecule has 1 aliphatic rings. The first kappa shape index (κ1) is 8.15. The van der Waals surface area contributed by atoms with Crippen LogP contribution in [0.4, 0.5) is 0 Å². The molecule has 1 aliphatic heterocycles. The van der Waals surface area contributed by atoms with E-state index in [1.165, 1.54) is 25.3 Å². The maximum absolute atomic E-state index is 2.39. The lowest BCUT2D eigenvalue weighted by atomic mass is 10.1. The van der Waals surface area contributed by atoms with Crippen molar-refractivity contribution in [3.05, 3.63) is 11.6 Å². The highest BCUT2D eigenvalue weighted by Gasteiger charge is 2.06. The fourth-order valence-electron chi connectivity index (χ4n) is 1.27. The van der Waals surface area contributed by atoms with Crippen molar-refractivity contribution < 1.29 is 0 Å². The summed E-state index contributed by atoms with van der Waals surface area (Å²) in [5, 5.41) is 0. The molecule has 0 bridgehead atoms. The normalized spacial score (nSPS) is 20.8. The average Bonchev–Trinajstić information content (AvgIpc) is 1.88. The molecule has 1 nitrogen and oxygen atoms in total. The average molecular weight is 157 g/mol. The van der Waals surface area contributed by atoms with Crippen LogP contribution in [0.25, 0.3) is 0 Å². The Bertz CT molecular complexity index is 131. The van der Waals surface area contributed by atoms with Crippen molar-refractivity contribution in [2.24, 2.45) is 0 Å². The van der Waals surface area contributed by atoms with Crippen LogP contribution in [0.5, 0.6) is 0 Å². The lowest BCUT2D eigenvalue weighted by Crippen LogP contribution is -2.26. The Kier molecular flexibility index (Phi) is 3.29. The van der Waals surface area contributed by atoms with Gasteiger partial charge in [0.25, 0.3) is 0 Å². The van der Waals surface area contributed by atoms with Gasteiger partial charge in [-0.3, -0.25) is 0 Å². The minimum absolute atomic E-state index is 1.18. The van der Waals surface area contributed by atoms with E-state index in [2.05, 4.69) is 24.3 Å². The van der Waals surface area contributed by atoms with Crippen LogP contribution in [-0.4, -0.2) is 37.0 Å². The van der Waals surface area contributed by atoms with Crippen molar-refractivity contribution in [1.82, 2.24) is 4.90 Å². The Morgan fingerprint density at radius 3 is 3.10 bits per heavy atom. The molecule has 0 aromatic rings. The number of hydrogen-bond donors (Lipinski definition) is 0. The van der Waals surface area contributed by atoms with Crippen LogP contribution in [0.3, 0.4) is 0 Å². The number of nitrogens with zero attached hydrogens (tertiary/aromatic N) is 1. The van der Waals surface area contributed by atoms with Gasteiger partial charge in [0.15, 0.2) is 0 Å². The van der Waals surface area contributed by atoms with Gasteiger partial charge in [-0.15, -0.1) is 0 Å². The van der Waals surface area contributed by atoms with E-state index in [4.69, 9.17) is 0 Å². The summed E-state index contributed by atoms with van der Waals surface area (Å²) in [6.45, 7) is 2.42. The van der Waals surface area contributed by atoms with Crippen LogP contribution in [0.1, 0.15) is 6.42 Å². The third kappa shape index (κ3) is 2.35. The van der Waals surface area contributed by atoms with Crippen LogP contribution < -0.4 is 0 Å². The summed E-state index contributed by atoms with van der Waals surface area (Å²) >= 11 is 1.92. The third-order valence-corrected chi connectivity index (χ3v) is 2.41. The predicted octanol–water partition coefficient (Wildman–Crippen LogP) is 1.61. The molecule has 0 aliphatic carbocycles. The van der Waals surface area contributed by atoms with E-state index in [9.17, 15) is 0 Å². The van der Waals surface area contributed by atoms with Gasteiger partial charge in [0.1, 0.15) is 0 Å². The minimum atomic E-state index is 1.18. The maximum Gasteiger partial charge on any atom is 0.0198 e. The van der Waals surface area contributed by atoms with Crippen LogP contribution in [0.15, 0.2) is 11.6 Å². The molecular formula is C8H15NS. The Labute approximate surface area is 67.5 Å². The lowest BCUT2D eigenvalue weighted by Gasteiger charge is -2.22. The molecular weight excluding hydrogens is 142 g/mol. The van der Waals surface area contributed by atoms with Crippen molar-refractivity contribution in [3.63, 3.8) is 0 Å². The SMILES string of the molecule is CSCC1=CCCN(C)C1. The molecule has 0 radical (unpaired) electrons. The second-order valence-corrected chi connectivity index (χ2v) is 3.69.